The Balaban J connectivity index is 1.51. The average Bonchev–Trinajstić information content (AvgIpc) is 3.11. The van der Waals surface area contributed by atoms with Gasteiger partial charge in [0.15, 0.2) is 0 Å². The lowest BCUT2D eigenvalue weighted by Gasteiger charge is -2.32. The molecule has 1 aliphatic carbocycles. The number of rotatable bonds is 4. The number of hydrogen-bond donors (Lipinski definition) is 2. The minimum Gasteiger partial charge on any atom is -0.497 e. The Morgan fingerprint density at radius 3 is 2.81 bits per heavy atom. The van der Waals surface area contributed by atoms with Gasteiger partial charge in [0.05, 0.1) is 24.9 Å². The quantitative estimate of drug-likeness (QED) is 0.876. The number of carbonyl (C=O) groups excluding carboxylic acids is 1. The third-order valence-electron chi connectivity index (χ3n) is 5.87. The fourth-order valence-electron chi connectivity index (χ4n) is 4.29. The van der Waals surface area contributed by atoms with Crippen molar-refractivity contribution in [2.45, 2.75) is 44.3 Å². The topological polar surface area (TPSA) is 94.7 Å². The summed E-state index contributed by atoms with van der Waals surface area (Å²) in [5.74, 6) is 1.37. The number of hydrogen-bond acceptors (Lipinski definition) is 5. The van der Waals surface area contributed by atoms with E-state index in [2.05, 4.69) is 4.98 Å². The third-order valence-corrected chi connectivity index (χ3v) is 5.87. The van der Waals surface area contributed by atoms with E-state index in [1.165, 1.54) is 0 Å². The predicted octanol–water partition coefficient (Wildman–Crippen LogP) is 2.20. The summed E-state index contributed by atoms with van der Waals surface area (Å²) in [6, 6.07) is 5.79. The molecule has 2 aromatic rings. The highest BCUT2D eigenvalue weighted by Gasteiger charge is 2.37. The van der Waals surface area contributed by atoms with E-state index in [1.807, 2.05) is 18.2 Å². The van der Waals surface area contributed by atoms with Crippen molar-refractivity contribution in [3.05, 3.63) is 30.0 Å². The number of nitrogens with zero attached hydrogens (tertiary/aromatic N) is 1. The molecule has 0 bridgehead atoms. The Labute approximate surface area is 152 Å². The molecule has 1 fully saturated rings. The molecule has 4 rings (SSSR count). The maximum Gasteiger partial charge on any atom is 0.220 e. The fourth-order valence-corrected chi connectivity index (χ4v) is 4.29. The van der Waals surface area contributed by atoms with Crippen LogP contribution in [0.15, 0.2) is 24.4 Å². The Kier molecular flexibility index (Phi) is 4.44. The van der Waals surface area contributed by atoms with Gasteiger partial charge in [0, 0.05) is 23.3 Å². The lowest BCUT2D eigenvalue weighted by Crippen LogP contribution is -2.39. The number of nitrogens with two attached hydrogens (primary N) is 1. The molecule has 2 unspecified atom stereocenters. The molecule has 0 radical (unpaired) electrons. The summed E-state index contributed by atoms with van der Waals surface area (Å²) in [5, 5.41) is 11.9. The van der Waals surface area contributed by atoms with Gasteiger partial charge in [0.2, 0.25) is 5.91 Å². The molecule has 1 aliphatic heterocycles. The van der Waals surface area contributed by atoms with Crippen LogP contribution < -0.4 is 15.2 Å². The van der Waals surface area contributed by atoms with Crippen LogP contribution in [-0.4, -0.2) is 35.3 Å². The van der Waals surface area contributed by atoms with Crippen LogP contribution in [-0.2, 0) is 11.2 Å². The molecule has 6 nitrogen and oxygen atoms in total. The van der Waals surface area contributed by atoms with E-state index < -0.39 is 6.10 Å². The Hall–Kier alpha value is -2.34. The van der Waals surface area contributed by atoms with Crippen molar-refractivity contribution in [2.75, 3.05) is 7.11 Å². The minimum atomic E-state index is -0.558. The summed E-state index contributed by atoms with van der Waals surface area (Å²) in [6.07, 6.45) is 4.65. The van der Waals surface area contributed by atoms with E-state index in [1.54, 1.807) is 13.3 Å². The van der Waals surface area contributed by atoms with E-state index in [4.69, 9.17) is 15.2 Å². The Morgan fingerprint density at radius 2 is 2.12 bits per heavy atom. The van der Waals surface area contributed by atoms with Gasteiger partial charge < -0.3 is 20.3 Å². The normalized spacial score (nSPS) is 26.2. The Bertz CT molecular complexity index is 830. The first kappa shape index (κ1) is 17.1. The van der Waals surface area contributed by atoms with Gasteiger partial charge in [0.1, 0.15) is 17.6 Å². The molecule has 1 aromatic heterocycles. The van der Waals surface area contributed by atoms with Gasteiger partial charge in [-0.15, -0.1) is 0 Å². The van der Waals surface area contributed by atoms with Crippen molar-refractivity contribution < 1.29 is 19.4 Å². The molecule has 2 atom stereocenters. The van der Waals surface area contributed by atoms with E-state index >= 15 is 0 Å². The molecule has 138 valence electrons. The van der Waals surface area contributed by atoms with Gasteiger partial charge in [0.25, 0.3) is 0 Å². The lowest BCUT2D eigenvalue weighted by atomic mass is 9.77. The number of aliphatic hydroxyl groups is 1. The zero-order valence-electron chi connectivity index (χ0n) is 14.9. The first-order valence-electron chi connectivity index (χ1n) is 9.16. The van der Waals surface area contributed by atoms with Crippen LogP contribution in [0.1, 0.15) is 31.2 Å². The molecule has 1 saturated carbocycles. The average molecular weight is 356 g/mol. The number of pyridine rings is 1. The van der Waals surface area contributed by atoms with Crippen molar-refractivity contribution in [2.24, 2.45) is 17.6 Å². The molecular formula is C20H24N2O4. The first-order chi connectivity index (χ1) is 12.6. The molecule has 0 saturated heterocycles. The van der Waals surface area contributed by atoms with Crippen LogP contribution in [0.3, 0.4) is 0 Å². The lowest BCUT2D eigenvalue weighted by molar-refractivity contribution is -0.123. The standard InChI is InChI=1S/C20H24N2O4/c1-25-13-6-7-16-14(8-13)15-9-17(26-18(15)10-22-16)19(23)11-2-4-12(5-3-11)20(21)24/h6-8,10-12,17,19,23H,2-5,9H2,1H3,(H2,21,24). The number of aliphatic hydroxyl groups excluding tert-OH is 1. The second-order valence-corrected chi connectivity index (χ2v) is 7.35. The van der Waals surface area contributed by atoms with Gasteiger partial charge in [-0.1, -0.05) is 0 Å². The molecule has 0 spiro atoms. The molecule has 1 aromatic carbocycles. The van der Waals surface area contributed by atoms with Crippen molar-refractivity contribution >= 4 is 16.8 Å². The van der Waals surface area contributed by atoms with Crippen LogP contribution in [0.5, 0.6) is 11.5 Å². The van der Waals surface area contributed by atoms with Crippen molar-refractivity contribution in [1.29, 1.82) is 0 Å². The van der Waals surface area contributed by atoms with Gasteiger partial charge in [-0.05, 0) is 49.8 Å². The van der Waals surface area contributed by atoms with Crippen LogP contribution in [0.4, 0.5) is 0 Å². The number of methoxy groups -OCH3 is 1. The minimum absolute atomic E-state index is 0.0549. The summed E-state index contributed by atoms with van der Waals surface area (Å²) < 4.78 is 11.4. The number of ether oxygens (including phenoxy) is 2. The molecule has 6 heteroatoms. The summed E-state index contributed by atoms with van der Waals surface area (Å²) in [6.45, 7) is 0. The highest BCUT2D eigenvalue weighted by Crippen LogP contribution is 2.39. The van der Waals surface area contributed by atoms with Gasteiger partial charge >= 0.3 is 0 Å². The number of benzene rings is 1. The number of aromatic nitrogens is 1. The number of fused-ring (bicyclic) bond motifs is 3. The van der Waals surface area contributed by atoms with Gasteiger partial charge in [-0.25, -0.2) is 0 Å². The second-order valence-electron chi connectivity index (χ2n) is 7.35. The molecule has 3 N–H and O–H groups in total. The first-order valence-corrected chi connectivity index (χ1v) is 9.16. The summed E-state index contributed by atoms with van der Waals surface area (Å²) in [5.41, 5.74) is 7.37. The molecular weight excluding hydrogens is 332 g/mol. The second kappa shape index (κ2) is 6.76. The van der Waals surface area contributed by atoms with Crippen LogP contribution >= 0.6 is 0 Å². The molecule has 26 heavy (non-hydrogen) atoms. The summed E-state index contributed by atoms with van der Waals surface area (Å²) in [4.78, 5) is 15.8. The fraction of sp³-hybridized carbons (Fsp3) is 0.500. The zero-order chi connectivity index (χ0) is 18.3. The van der Waals surface area contributed by atoms with Gasteiger partial charge in [-0.2, -0.15) is 0 Å². The molecule has 2 aliphatic rings. The highest BCUT2D eigenvalue weighted by atomic mass is 16.5. The monoisotopic (exact) mass is 356 g/mol. The third kappa shape index (κ3) is 2.98. The van der Waals surface area contributed by atoms with Crippen LogP contribution in [0, 0.1) is 11.8 Å². The number of amides is 1. The van der Waals surface area contributed by atoms with Crippen molar-refractivity contribution in [1.82, 2.24) is 4.98 Å². The van der Waals surface area contributed by atoms with Crippen LogP contribution in [0.25, 0.3) is 10.9 Å². The van der Waals surface area contributed by atoms with E-state index in [0.29, 0.717) is 6.42 Å². The maximum absolute atomic E-state index is 11.3. The highest BCUT2D eigenvalue weighted by molar-refractivity contribution is 5.86. The van der Waals surface area contributed by atoms with Crippen molar-refractivity contribution in [3.63, 3.8) is 0 Å². The number of carbonyl (C=O) groups is 1. The van der Waals surface area contributed by atoms with Crippen LogP contribution in [0.2, 0.25) is 0 Å². The van der Waals surface area contributed by atoms with Gasteiger partial charge in [-0.3, -0.25) is 9.78 Å². The zero-order valence-corrected chi connectivity index (χ0v) is 14.9. The Morgan fingerprint density at radius 1 is 1.35 bits per heavy atom. The molecule has 1 amide bonds. The van der Waals surface area contributed by atoms with Crippen molar-refractivity contribution in [3.8, 4) is 11.5 Å². The molecule has 2 heterocycles. The number of primary amides is 1. The SMILES string of the molecule is COc1ccc2ncc3c(c2c1)CC(C(O)C1CCC(C(N)=O)CC1)O3. The van der Waals surface area contributed by atoms with E-state index in [0.717, 1.165) is 53.6 Å². The predicted molar refractivity (Wildman–Crippen MR) is 97.1 cm³/mol. The maximum atomic E-state index is 11.3. The summed E-state index contributed by atoms with van der Waals surface area (Å²) in [7, 11) is 1.64. The summed E-state index contributed by atoms with van der Waals surface area (Å²) >= 11 is 0. The van der Waals surface area contributed by atoms with E-state index in [-0.39, 0.29) is 23.8 Å². The largest absolute Gasteiger partial charge is 0.497 e. The smallest absolute Gasteiger partial charge is 0.220 e. The van der Waals surface area contributed by atoms with E-state index in [9.17, 15) is 9.90 Å².